The second-order valence-electron chi connectivity index (χ2n) is 17.6. The molecule has 56 heavy (non-hydrogen) atoms. The number of aromatic amines is 1. The number of aliphatic hydroxyl groups excluding tert-OH is 1. The van der Waals surface area contributed by atoms with Gasteiger partial charge >= 0.3 is 5.97 Å². The summed E-state index contributed by atoms with van der Waals surface area (Å²) in [5, 5.41) is 25.9. The van der Waals surface area contributed by atoms with Gasteiger partial charge in [-0.05, 0) is 74.8 Å². The van der Waals surface area contributed by atoms with Gasteiger partial charge in [0.1, 0.15) is 17.3 Å². The summed E-state index contributed by atoms with van der Waals surface area (Å²) < 4.78 is 42.6. The Hall–Kier alpha value is -4.04. The first kappa shape index (κ1) is 37.5. The van der Waals surface area contributed by atoms with Crippen LogP contribution >= 0.6 is 0 Å². The fourth-order valence-corrected chi connectivity index (χ4v) is 13.0. The smallest absolute Gasteiger partial charge is 0.322 e. The number of alkyl halides is 2. The van der Waals surface area contributed by atoms with Gasteiger partial charge in [0.2, 0.25) is 5.92 Å². The van der Waals surface area contributed by atoms with Crippen LogP contribution in [0.5, 0.6) is 5.75 Å². The Morgan fingerprint density at radius 3 is 2.57 bits per heavy atom. The number of hydrogen-bond acceptors (Lipinski definition) is 9. The van der Waals surface area contributed by atoms with Crippen molar-refractivity contribution in [3.8, 4) is 5.75 Å². The molecule has 1 amide bonds. The molecule has 2 aromatic carbocycles. The van der Waals surface area contributed by atoms with Crippen molar-refractivity contribution in [3.63, 3.8) is 0 Å². The highest BCUT2D eigenvalue weighted by atomic mass is 19.3. The molecule has 9 rings (SSSR count). The number of rotatable bonds is 6. The Labute approximate surface area is 325 Å². The minimum absolute atomic E-state index is 0.172. The summed E-state index contributed by atoms with van der Waals surface area (Å²) in [6, 6.07) is 10.5. The molecule has 1 saturated carbocycles. The molecule has 3 aromatic rings. The number of carbonyl (C=O) groups is 2. The standard InChI is InChI=1S/C43H53F2N5O6/c1-6-40-13-9-15-50-17-14-41(34(40)50)28-19-29(32(55-4)20-31(28)48(3)35(41)43(54,36(40)51)37(46)52)42(38(53)56-5)21-24-18-25(39(2,44)45)23-49(22-24)16-12-27-26-10-7-8-11-30(26)47-33(27)42/h7-11,13,19-20,24-25,34-36,47,51,54H,6,12,14-18,21-23H2,1-5H3,(H2,46,52)/t24-,25?,34+,35-,36-,40-,41-,42+,43+/m1/s1. The number of benzene rings is 2. The highest BCUT2D eigenvalue weighted by Gasteiger charge is 2.78. The number of hydrogen-bond donors (Lipinski definition) is 4. The zero-order valence-electron chi connectivity index (χ0n) is 32.8. The molecule has 10 atom stereocenters. The number of likely N-dealkylation sites (N-methyl/N-ethyl adjacent to an activating group) is 1. The van der Waals surface area contributed by atoms with Crippen molar-refractivity contribution in [3.05, 3.63) is 70.9 Å². The van der Waals surface area contributed by atoms with Crippen LogP contribution in [0.4, 0.5) is 14.5 Å². The molecule has 1 aromatic heterocycles. The van der Waals surface area contributed by atoms with Crippen molar-refractivity contribution in [2.45, 2.75) is 86.5 Å². The summed E-state index contributed by atoms with van der Waals surface area (Å²) >= 11 is 0. The summed E-state index contributed by atoms with van der Waals surface area (Å²) in [6.45, 7) is 5.59. The number of aromatic nitrogens is 1. The van der Waals surface area contributed by atoms with Gasteiger partial charge in [0.25, 0.3) is 5.91 Å². The molecule has 0 radical (unpaired) electrons. The van der Waals surface area contributed by atoms with Crippen LogP contribution < -0.4 is 15.4 Å². The second-order valence-corrected chi connectivity index (χ2v) is 17.6. The van der Waals surface area contributed by atoms with Gasteiger partial charge in [-0.3, -0.25) is 14.5 Å². The van der Waals surface area contributed by atoms with E-state index in [0.717, 1.165) is 29.0 Å². The summed E-state index contributed by atoms with van der Waals surface area (Å²) in [7, 11) is 4.72. The monoisotopic (exact) mass is 773 g/mol. The predicted molar refractivity (Wildman–Crippen MR) is 207 cm³/mol. The third-order valence-electron chi connectivity index (χ3n) is 15.2. The Bertz CT molecular complexity index is 2150. The lowest BCUT2D eigenvalue weighted by Crippen LogP contribution is -2.81. The Morgan fingerprint density at radius 1 is 1.11 bits per heavy atom. The third kappa shape index (κ3) is 4.62. The lowest BCUT2D eigenvalue weighted by molar-refractivity contribution is -0.201. The number of ether oxygens (including phenoxy) is 2. The topological polar surface area (TPSA) is 145 Å². The van der Waals surface area contributed by atoms with Gasteiger partial charge in [-0.25, -0.2) is 8.78 Å². The van der Waals surface area contributed by atoms with E-state index in [0.29, 0.717) is 68.1 Å². The summed E-state index contributed by atoms with van der Waals surface area (Å²) in [4.78, 5) is 38.8. The molecule has 2 saturated heterocycles. The van der Waals surface area contributed by atoms with Crippen LogP contribution in [0, 0.1) is 17.3 Å². The largest absolute Gasteiger partial charge is 0.496 e. The molecule has 300 valence electrons. The van der Waals surface area contributed by atoms with E-state index in [1.807, 2.05) is 67.4 Å². The number of carbonyl (C=O) groups excluding carboxylic acids is 2. The highest BCUT2D eigenvalue weighted by molar-refractivity contribution is 5.95. The summed E-state index contributed by atoms with van der Waals surface area (Å²) in [5.41, 5.74) is 4.79. The molecule has 2 bridgehead atoms. The number of fused-ring (bicyclic) bond motifs is 6. The maximum Gasteiger partial charge on any atom is 0.322 e. The number of amides is 1. The van der Waals surface area contributed by atoms with Crippen molar-refractivity contribution in [1.82, 2.24) is 14.8 Å². The normalized spacial score (nSPS) is 37.5. The van der Waals surface area contributed by atoms with E-state index in [-0.39, 0.29) is 31.3 Å². The van der Waals surface area contributed by atoms with Crippen LogP contribution in [-0.4, -0.2) is 121 Å². The van der Waals surface area contributed by atoms with Crippen molar-refractivity contribution in [2.75, 3.05) is 58.9 Å². The van der Waals surface area contributed by atoms with E-state index in [1.54, 1.807) is 7.11 Å². The van der Waals surface area contributed by atoms with Crippen LogP contribution in [0.1, 0.15) is 61.9 Å². The van der Waals surface area contributed by atoms with Crippen molar-refractivity contribution >= 4 is 28.5 Å². The van der Waals surface area contributed by atoms with Gasteiger partial charge in [-0.2, -0.15) is 0 Å². The lowest BCUT2D eigenvalue weighted by atomic mass is 9.47. The van der Waals surface area contributed by atoms with E-state index < -0.39 is 57.7 Å². The number of piperidine rings is 1. The lowest BCUT2D eigenvalue weighted by Gasteiger charge is -2.63. The molecule has 6 heterocycles. The van der Waals surface area contributed by atoms with Gasteiger partial charge in [-0.15, -0.1) is 0 Å². The van der Waals surface area contributed by atoms with Gasteiger partial charge in [0.05, 0.1) is 20.3 Å². The average molecular weight is 774 g/mol. The van der Waals surface area contributed by atoms with Gasteiger partial charge in [0.15, 0.2) is 5.60 Å². The predicted octanol–water partition coefficient (Wildman–Crippen LogP) is 3.86. The van der Waals surface area contributed by atoms with E-state index in [4.69, 9.17) is 15.2 Å². The number of nitrogens with zero attached hydrogens (tertiary/aromatic N) is 3. The van der Waals surface area contributed by atoms with Gasteiger partial charge < -0.3 is 40.2 Å². The molecule has 1 spiro atoms. The van der Waals surface area contributed by atoms with Gasteiger partial charge in [0, 0.05) is 89.9 Å². The Kier molecular flexibility index (Phi) is 8.36. The molecule has 5 aliphatic heterocycles. The zero-order chi connectivity index (χ0) is 39.7. The number of para-hydroxylation sites is 1. The number of esters is 1. The Balaban J connectivity index is 1.35. The molecule has 5 N–H and O–H groups in total. The Morgan fingerprint density at radius 2 is 1.88 bits per heavy atom. The fourth-order valence-electron chi connectivity index (χ4n) is 13.0. The summed E-state index contributed by atoms with van der Waals surface area (Å²) in [5.74, 6) is -5.28. The molecule has 13 heteroatoms. The van der Waals surface area contributed by atoms with Crippen LogP contribution in [-0.2, 0) is 31.6 Å². The number of halogens is 2. The minimum Gasteiger partial charge on any atom is -0.496 e. The van der Waals surface area contributed by atoms with E-state index >= 15 is 13.6 Å². The number of nitrogens with one attached hydrogen (secondary N) is 1. The first-order chi connectivity index (χ1) is 26.6. The first-order valence-corrected chi connectivity index (χ1v) is 20.0. The number of anilines is 1. The molecule has 1 aliphatic carbocycles. The quantitative estimate of drug-likeness (QED) is 0.217. The number of aliphatic hydroxyl groups is 2. The maximum absolute atomic E-state index is 15.3. The number of H-pyrrole nitrogens is 1. The van der Waals surface area contributed by atoms with Crippen LogP contribution in [0.15, 0.2) is 48.6 Å². The van der Waals surface area contributed by atoms with E-state index in [2.05, 4.69) is 14.8 Å². The molecular weight excluding hydrogens is 720 g/mol. The maximum atomic E-state index is 15.3. The van der Waals surface area contributed by atoms with Crippen LogP contribution in [0.2, 0.25) is 0 Å². The van der Waals surface area contributed by atoms with Crippen molar-refractivity contribution < 1.29 is 38.1 Å². The fraction of sp³-hybridized carbons (Fsp3) is 0.581. The van der Waals surface area contributed by atoms with E-state index in [9.17, 15) is 15.0 Å². The molecule has 11 nitrogen and oxygen atoms in total. The highest BCUT2D eigenvalue weighted by Crippen LogP contribution is 2.67. The first-order valence-electron chi connectivity index (χ1n) is 20.0. The number of methoxy groups -OCH3 is 2. The van der Waals surface area contributed by atoms with Crippen molar-refractivity contribution in [2.24, 2.45) is 23.0 Å². The minimum atomic E-state index is -2.92. The second kappa shape index (κ2) is 12.5. The summed E-state index contributed by atoms with van der Waals surface area (Å²) in [6.07, 6.45) is 4.37. The average Bonchev–Trinajstić information content (AvgIpc) is 3.84. The zero-order valence-corrected chi connectivity index (χ0v) is 32.8. The van der Waals surface area contributed by atoms with E-state index in [1.165, 1.54) is 7.11 Å². The van der Waals surface area contributed by atoms with Crippen LogP contribution in [0.3, 0.4) is 0 Å². The van der Waals surface area contributed by atoms with Crippen LogP contribution in [0.25, 0.3) is 10.9 Å². The SMILES string of the molecule is CC[C@]12C=CCN3CC[C@@]4(c5cc([C@@]6(C(=O)OC)C[C@H]7CC(C(C)(F)F)CN(CCc8c6[nH]c6ccccc86)C7)c(OC)cc5N(C)[C@H]4[C@@](O)(C(N)=O)[C@@H]1O)[C@@H]32. The molecular formula is C43H53F2N5O6. The third-order valence-corrected chi connectivity index (χ3v) is 15.2. The van der Waals surface area contributed by atoms with Crippen molar-refractivity contribution in [1.29, 1.82) is 0 Å². The molecule has 6 aliphatic rings. The number of primary amides is 1. The number of nitrogens with two attached hydrogens (primary N) is 1. The molecule has 2 unspecified atom stereocenters. The van der Waals surface area contributed by atoms with Gasteiger partial charge in [-0.1, -0.05) is 37.3 Å². The molecule has 3 fully saturated rings.